The van der Waals surface area contributed by atoms with Crippen molar-refractivity contribution >= 4 is 17.3 Å². The molecule has 0 bridgehead atoms. The van der Waals surface area contributed by atoms with Crippen molar-refractivity contribution in [1.82, 2.24) is 4.90 Å². The molecule has 1 fully saturated rings. The number of halogens is 1. The lowest BCUT2D eigenvalue weighted by atomic mass is 10.0. The van der Waals surface area contributed by atoms with E-state index in [0.29, 0.717) is 19.5 Å². The lowest BCUT2D eigenvalue weighted by molar-refractivity contribution is -0.135. The zero-order chi connectivity index (χ0) is 20.4. The van der Waals surface area contributed by atoms with Crippen molar-refractivity contribution in [1.29, 1.82) is 0 Å². The van der Waals surface area contributed by atoms with Crippen LogP contribution in [0.4, 0.5) is 10.1 Å². The molecule has 6 heteroatoms. The number of nitrogens with zero attached hydrogens (tertiary/aromatic N) is 3. The van der Waals surface area contributed by atoms with Gasteiger partial charge in [-0.2, -0.15) is 0 Å². The van der Waals surface area contributed by atoms with E-state index in [9.17, 15) is 9.18 Å². The minimum atomic E-state index is -0.287. The molecule has 0 saturated heterocycles. The van der Waals surface area contributed by atoms with Crippen molar-refractivity contribution in [2.75, 3.05) is 25.5 Å². The quantitative estimate of drug-likeness (QED) is 0.716. The van der Waals surface area contributed by atoms with Gasteiger partial charge in [0.05, 0.1) is 12.3 Å². The Morgan fingerprint density at radius 2 is 1.93 bits per heavy atom. The number of rotatable bonds is 7. The predicted octanol–water partition coefficient (Wildman–Crippen LogP) is 3.82. The molecule has 0 unspecified atom stereocenters. The summed E-state index contributed by atoms with van der Waals surface area (Å²) in [5.41, 5.74) is 3.84. The molecule has 0 aromatic heterocycles. The topological polar surface area (TPSA) is 45.1 Å². The summed E-state index contributed by atoms with van der Waals surface area (Å²) in [6, 6.07) is 14.6. The van der Waals surface area contributed by atoms with Crippen LogP contribution >= 0.6 is 0 Å². The first-order chi connectivity index (χ1) is 14.0. The Kier molecular flexibility index (Phi) is 5.51. The van der Waals surface area contributed by atoms with Crippen LogP contribution in [0.1, 0.15) is 30.4 Å². The molecule has 0 N–H and O–H groups in total. The molecule has 4 rings (SSSR count). The van der Waals surface area contributed by atoms with E-state index in [4.69, 9.17) is 4.84 Å². The number of carbonyl (C=O) groups is 1. The van der Waals surface area contributed by atoms with E-state index in [-0.39, 0.29) is 23.7 Å². The normalized spacial score (nSPS) is 18.2. The molecule has 29 heavy (non-hydrogen) atoms. The SMILES string of the molecule is CN(C)c1ccc(C2=NO[C@@H](CN(Cc3cccc(F)c3)C(=O)C3CC3)C2)cc1. The van der Waals surface area contributed by atoms with Crippen LogP contribution in [0.25, 0.3) is 0 Å². The third-order valence-corrected chi connectivity index (χ3v) is 5.37. The van der Waals surface area contributed by atoms with Crippen molar-refractivity contribution in [2.24, 2.45) is 11.1 Å². The van der Waals surface area contributed by atoms with Gasteiger partial charge in [-0.3, -0.25) is 4.79 Å². The van der Waals surface area contributed by atoms with Gasteiger partial charge in [-0.15, -0.1) is 0 Å². The van der Waals surface area contributed by atoms with E-state index in [0.717, 1.165) is 35.4 Å². The highest BCUT2D eigenvalue weighted by Crippen LogP contribution is 2.32. The summed E-state index contributed by atoms with van der Waals surface area (Å²) < 4.78 is 13.6. The van der Waals surface area contributed by atoms with Crippen LogP contribution in [-0.2, 0) is 16.2 Å². The van der Waals surface area contributed by atoms with Crippen molar-refractivity contribution in [2.45, 2.75) is 31.9 Å². The molecule has 1 saturated carbocycles. The highest BCUT2D eigenvalue weighted by Gasteiger charge is 2.35. The van der Waals surface area contributed by atoms with Crippen molar-refractivity contribution in [3.05, 3.63) is 65.5 Å². The number of amides is 1. The van der Waals surface area contributed by atoms with Gasteiger partial charge in [0.25, 0.3) is 0 Å². The fraction of sp³-hybridized carbons (Fsp3) is 0.391. The predicted molar refractivity (Wildman–Crippen MR) is 111 cm³/mol. The Morgan fingerprint density at radius 3 is 2.59 bits per heavy atom. The van der Waals surface area contributed by atoms with E-state index in [1.54, 1.807) is 11.0 Å². The van der Waals surface area contributed by atoms with Crippen LogP contribution in [0.15, 0.2) is 53.7 Å². The molecule has 0 spiro atoms. The van der Waals surface area contributed by atoms with Gasteiger partial charge in [0.1, 0.15) is 5.82 Å². The third-order valence-electron chi connectivity index (χ3n) is 5.37. The van der Waals surface area contributed by atoms with Gasteiger partial charge in [0.2, 0.25) is 5.91 Å². The molecule has 2 aromatic rings. The summed E-state index contributed by atoms with van der Waals surface area (Å²) in [5, 5.41) is 4.26. The molecular formula is C23H26FN3O2. The van der Waals surface area contributed by atoms with Crippen LogP contribution in [0, 0.1) is 11.7 Å². The van der Waals surface area contributed by atoms with Crippen LogP contribution in [0.3, 0.4) is 0 Å². The van der Waals surface area contributed by atoms with Crippen LogP contribution in [-0.4, -0.2) is 43.3 Å². The Labute approximate surface area is 170 Å². The second kappa shape index (κ2) is 8.23. The first-order valence-electron chi connectivity index (χ1n) is 10.0. The first kappa shape index (κ1) is 19.4. The van der Waals surface area contributed by atoms with Gasteiger partial charge in [0.15, 0.2) is 6.10 Å². The van der Waals surface area contributed by atoms with Crippen LogP contribution < -0.4 is 4.90 Å². The second-order valence-electron chi connectivity index (χ2n) is 8.03. The van der Waals surface area contributed by atoms with Gasteiger partial charge in [-0.25, -0.2) is 4.39 Å². The first-order valence-corrected chi connectivity index (χ1v) is 10.0. The molecule has 1 amide bonds. The van der Waals surface area contributed by atoms with E-state index < -0.39 is 0 Å². The van der Waals surface area contributed by atoms with Crippen molar-refractivity contribution < 1.29 is 14.0 Å². The zero-order valence-corrected chi connectivity index (χ0v) is 16.8. The fourth-order valence-electron chi connectivity index (χ4n) is 3.57. The average Bonchev–Trinajstić information content (AvgIpc) is 3.46. The van der Waals surface area contributed by atoms with Crippen molar-refractivity contribution in [3.8, 4) is 0 Å². The lowest BCUT2D eigenvalue weighted by Gasteiger charge is -2.25. The lowest BCUT2D eigenvalue weighted by Crippen LogP contribution is -2.38. The number of oxime groups is 1. The zero-order valence-electron chi connectivity index (χ0n) is 16.8. The monoisotopic (exact) mass is 395 g/mol. The third kappa shape index (κ3) is 4.75. The largest absolute Gasteiger partial charge is 0.390 e. The molecule has 152 valence electrons. The summed E-state index contributed by atoms with van der Waals surface area (Å²) in [5.74, 6) is -0.0594. The Bertz CT molecular complexity index is 907. The van der Waals surface area contributed by atoms with Crippen molar-refractivity contribution in [3.63, 3.8) is 0 Å². The van der Waals surface area contributed by atoms with Gasteiger partial charge in [0, 0.05) is 38.7 Å². The van der Waals surface area contributed by atoms with E-state index in [1.165, 1.54) is 12.1 Å². The maximum absolute atomic E-state index is 13.6. The molecule has 1 heterocycles. The fourth-order valence-corrected chi connectivity index (χ4v) is 3.57. The molecule has 1 atom stereocenters. The average molecular weight is 395 g/mol. The maximum Gasteiger partial charge on any atom is 0.226 e. The number of carbonyl (C=O) groups excluding carboxylic acids is 1. The van der Waals surface area contributed by atoms with Gasteiger partial charge in [-0.1, -0.05) is 29.4 Å². The van der Waals surface area contributed by atoms with E-state index in [2.05, 4.69) is 17.3 Å². The second-order valence-corrected chi connectivity index (χ2v) is 8.03. The Balaban J connectivity index is 1.41. The summed E-state index contributed by atoms with van der Waals surface area (Å²) in [6.07, 6.45) is 2.34. The van der Waals surface area contributed by atoms with Gasteiger partial charge in [-0.05, 0) is 48.2 Å². The molecular weight excluding hydrogens is 369 g/mol. The standard InChI is InChI=1S/C23H26FN3O2/c1-26(2)20-10-8-17(9-11-20)22-13-21(29-25-22)15-27(23(28)18-6-7-18)14-16-4-3-5-19(24)12-16/h3-5,8-12,18,21H,6-7,13-15H2,1-2H3/t21-/m1/s1. The minimum absolute atomic E-state index is 0.101. The van der Waals surface area contributed by atoms with Crippen LogP contribution in [0.2, 0.25) is 0 Å². The smallest absolute Gasteiger partial charge is 0.226 e. The highest BCUT2D eigenvalue weighted by molar-refractivity contribution is 6.01. The number of hydrogen-bond acceptors (Lipinski definition) is 4. The Morgan fingerprint density at radius 1 is 1.17 bits per heavy atom. The maximum atomic E-state index is 13.6. The molecule has 2 aliphatic rings. The molecule has 2 aromatic carbocycles. The molecule has 1 aliphatic heterocycles. The number of hydrogen-bond donors (Lipinski definition) is 0. The number of benzene rings is 2. The molecule has 0 radical (unpaired) electrons. The molecule has 5 nitrogen and oxygen atoms in total. The minimum Gasteiger partial charge on any atom is -0.390 e. The summed E-state index contributed by atoms with van der Waals surface area (Å²) >= 11 is 0. The van der Waals surface area contributed by atoms with E-state index >= 15 is 0 Å². The van der Waals surface area contributed by atoms with Gasteiger partial charge >= 0.3 is 0 Å². The molecule has 1 aliphatic carbocycles. The summed E-state index contributed by atoms with van der Waals surface area (Å²) in [4.78, 5) is 22.3. The Hall–Kier alpha value is -2.89. The summed E-state index contributed by atoms with van der Waals surface area (Å²) in [6.45, 7) is 0.842. The van der Waals surface area contributed by atoms with Gasteiger partial charge < -0.3 is 14.6 Å². The highest BCUT2D eigenvalue weighted by atomic mass is 19.1. The summed E-state index contributed by atoms with van der Waals surface area (Å²) in [7, 11) is 4.01. The van der Waals surface area contributed by atoms with Crippen LogP contribution in [0.5, 0.6) is 0 Å². The number of anilines is 1. The van der Waals surface area contributed by atoms with E-state index in [1.807, 2.05) is 37.2 Å².